The fraction of sp³-hybridized carbons (Fsp3) is 0.250. The molecule has 0 aliphatic carbocycles. The molecule has 0 bridgehead atoms. The predicted octanol–water partition coefficient (Wildman–Crippen LogP) is 0.346. The smallest absolute Gasteiger partial charge is 0.198 e. The van der Waals surface area contributed by atoms with Gasteiger partial charge < -0.3 is 5.32 Å². The van der Waals surface area contributed by atoms with Gasteiger partial charge in [0.15, 0.2) is 17.2 Å². The lowest BCUT2D eigenvalue weighted by atomic mass is 10.5. The molecule has 0 aromatic carbocycles. The van der Waals surface area contributed by atoms with Crippen molar-refractivity contribution in [1.82, 2.24) is 19.6 Å². The highest BCUT2D eigenvalue weighted by atomic mass is 15.3. The standard InChI is InChI=1S/C8H8N6/c1-5-12-7(10-2)8-11-4-6(3-9)14(8)13-5/h4H,1-2H3,(H,10,12,13). The first-order valence-electron chi connectivity index (χ1n) is 4.06. The summed E-state index contributed by atoms with van der Waals surface area (Å²) in [6, 6.07) is 2.01. The van der Waals surface area contributed by atoms with E-state index < -0.39 is 0 Å². The summed E-state index contributed by atoms with van der Waals surface area (Å²) in [7, 11) is 1.75. The molecule has 0 unspecified atom stereocenters. The van der Waals surface area contributed by atoms with Crippen LogP contribution in [0.3, 0.4) is 0 Å². The summed E-state index contributed by atoms with van der Waals surface area (Å²) in [5.74, 6) is 1.22. The van der Waals surface area contributed by atoms with E-state index >= 15 is 0 Å². The number of aryl methyl sites for hydroxylation is 1. The number of fused-ring (bicyclic) bond motifs is 1. The van der Waals surface area contributed by atoms with Crippen LogP contribution in [0, 0.1) is 18.3 Å². The lowest BCUT2D eigenvalue weighted by Gasteiger charge is -2.02. The van der Waals surface area contributed by atoms with E-state index in [4.69, 9.17) is 5.26 Å². The number of anilines is 1. The quantitative estimate of drug-likeness (QED) is 0.698. The highest BCUT2D eigenvalue weighted by Crippen LogP contribution is 2.12. The Kier molecular flexibility index (Phi) is 1.78. The molecule has 0 atom stereocenters. The second-order valence-electron chi connectivity index (χ2n) is 2.75. The Morgan fingerprint density at radius 1 is 1.57 bits per heavy atom. The van der Waals surface area contributed by atoms with Gasteiger partial charge in [-0.05, 0) is 6.92 Å². The van der Waals surface area contributed by atoms with Crippen LogP contribution in [0.2, 0.25) is 0 Å². The highest BCUT2D eigenvalue weighted by Gasteiger charge is 2.09. The maximum atomic E-state index is 8.79. The van der Waals surface area contributed by atoms with Gasteiger partial charge in [-0.1, -0.05) is 0 Å². The van der Waals surface area contributed by atoms with Crippen LogP contribution in [-0.4, -0.2) is 26.6 Å². The van der Waals surface area contributed by atoms with E-state index in [9.17, 15) is 0 Å². The van der Waals surface area contributed by atoms with Crippen molar-refractivity contribution in [2.24, 2.45) is 0 Å². The van der Waals surface area contributed by atoms with Crippen molar-refractivity contribution < 1.29 is 0 Å². The predicted molar refractivity (Wildman–Crippen MR) is 49.8 cm³/mol. The van der Waals surface area contributed by atoms with Crippen molar-refractivity contribution in [1.29, 1.82) is 5.26 Å². The van der Waals surface area contributed by atoms with E-state index in [0.29, 0.717) is 23.0 Å². The Labute approximate surface area is 80.2 Å². The van der Waals surface area contributed by atoms with Crippen LogP contribution in [0.5, 0.6) is 0 Å². The van der Waals surface area contributed by atoms with Gasteiger partial charge in [-0.15, -0.1) is 0 Å². The maximum absolute atomic E-state index is 8.79. The van der Waals surface area contributed by atoms with Crippen molar-refractivity contribution in [3.8, 4) is 6.07 Å². The molecule has 0 spiro atoms. The van der Waals surface area contributed by atoms with Crippen LogP contribution in [0.15, 0.2) is 6.20 Å². The molecule has 0 saturated carbocycles. The Morgan fingerprint density at radius 2 is 2.36 bits per heavy atom. The molecule has 0 fully saturated rings. The fourth-order valence-corrected chi connectivity index (χ4v) is 1.23. The number of hydrogen-bond donors (Lipinski definition) is 1. The maximum Gasteiger partial charge on any atom is 0.198 e. The number of aromatic nitrogens is 4. The molecule has 14 heavy (non-hydrogen) atoms. The largest absolute Gasteiger partial charge is 0.370 e. The fourth-order valence-electron chi connectivity index (χ4n) is 1.23. The van der Waals surface area contributed by atoms with E-state index in [1.165, 1.54) is 10.7 Å². The highest BCUT2D eigenvalue weighted by molar-refractivity contribution is 5.62. The van der Waals surface area contributed by atoms with Crippen molar-refractivity contribution in [2.75, 3.05) is 12.4 Å². The second kappa shape index (κ2) is 2.96. The zero-order valence-electron chi connectivity index (χ0n) is 7.81. The van der Waals surface area contributed by atoms with Crippen LogP contribution in [0.4, 0.5) is 5.82 Å². The molecule has 0 amide bonds. The van der Waals surface area contributed by atoms with E-state index in [0.717, 1.165) is 0 Å². The van der Waals surface area contributed by atoms with E-state index in [1.54, 1.807) is 14.0 Å². The first kappa shape index (κ1) is 8.44. The van der Waals surface area contributed by atoms with Crippen molar-refractivity contribution in [3.63, 3.8) is 0 Å². The molecule has 2 rings (SSSR count). The van der Waals surface area contributed by atoms with Crippen molar-refractivity contribution in [3.05, 3.63) is 17.7 Å². The molecule has 0 aliphatic heterocycles. The summed E-state index contributed by atoms with van der Waals surface area (Å²) in [4.78, 5) is 8.21. The first-order chi connectivity index (χ1) is 6.76. The zero-order chi connectivity index (χ0) is 10.1. The third-order valence-corrected chi connectivity index (χ3v) is 1.82. The zero-order valence-corrected chi connectivity index (χ0v) is 7.81. The molecule has 2 heterocycles. The molecule has 0 aliphatic rings. The van der Waals surface area contributed by atoms with Gasteiger partial charge in [0.2, 0.25) is 0 Å². The van der Waals surface area contributed by atoms with Crippen LogP contribution in [-0.2, 0) is 0 Å². The minimum absolute atomic E-state index is 0.405. The molecule has 0 radical (unpaired) electrons. The number of nitrogens with one attached hydrogen (secondary N) is 1. The summed E-state index contributed by atoms with van der Waals surface area (Å²) in [6.07, 6.45) is 1.48. The Hall–Kier alpha value is -2.16. The minimum Gasteiger partial charge on any atom is -0.370 e. The Morgan fingerprint density at radius 3 is 3.00 bits per heavy atom. The van der Waals surface area contributed by atoms with Gasteiger partial charge in [0, 0.05) is 7.05 Å². The Balaban J connectivity index is 2.85. The summed E-state index contributed by atoms with van der Waals surface area (Å²) in [5.41, 5.74) is 0.969. The lowest BCUT2D eigenvalue weighted by molar-refractivity contribution is 0.845. The van der Waals surface area contributed by atoms with Gasteiger partial charge >= 0.3 is 0 Å². The number of nitrogens with zero attached hydrogens (tertiary/aromatic N) is 5. The normalized spacial score (nSPS) is 10.1. The number of nitriles is 1. The van der Waals surface area contributed by atoms with Gasteiger partial charge in [0.25, 0.3) is 0 Å². The molecule has 2 aromatic rings. The molecule has 70 valence electrons. The van der Waals surface area contributed by atoms with E-state index in [2.05, 4.69) is 20.4 Å². The molecule has 0 saturated heterocycles. The molecule has 2 aromatic heterocycles. The van der Waals surface area contributed by atoms with Gasteiger partial charge in [-0.3, -0.25) is 0 Å². The topological polar surface area (TPSA) is 78.9 Å². The SMILES string of the molecule is CNc1nc(C)nn2c(C#N)cnc12. The molecule has 6 nitrogen and oxygen atoms in total. The molecule has 6 heteroatoms. The summed E-state index contributed by atoms with van der Waals surface area (Å²) >= 11 is 0. The average molecular weight is 188 g/mol. The monoisotopic (exact) mass is 188 g/mol. The van der Waals surface area contributed by atoms with E-state index in [-0.39, 0.29) is 0 Å². The van der Waals surface area contributed by atoms with Gasteiger partial charge in [-0.2, -0.15) is 14.9 Å². The number of rotatable bonds is 1. The van der Waals surface area contributed by atoms with Gasteiger partial charge in [0.05, 0.1) is 6.20 Å². The first-order valence-corrected chi connectivity index (χ1v) is 4.06. The van der Waals surface area contributed by atoms with Crippen LogP contribution in [0.25, 0.3) is 5.65 Å². The lowest BCUT2D eigenvalue weighted by Crippen LogP contribution is -2.04. The van der Waals surface area contributed by atoms with Crippen molar-refractivity contribution in [2.45, 2.75) is 6.92 Å². The molecule has 1 N–H and O–H groups in total. The van der Waals surface area contributed by atoms with Gasteiger partial charge in [0.1, 0.15) is 11.9 Å². The second-order valence-corrected chi connectivity index (χ2v) is 2.75. The van der Waals surface area contributed by atoms with Crippen LogP contribution >= 0.6 is 0 Å². The van der Waals surface area contributed by atoms with E-state index in [1.807, 2.05) is 6.07 Å². The number of hydrogen-bond acceptors (Lipinski definition) is 5. The summed E-state index contributed by atoms with van der Waals surface area (Å²) < 4.78 is 1.48. The van der Waals surface area contributed by atoms with Crippen molar-refractivity contribution >= 4 is 11.5 Å². The summed E-state index contributed by atoms with van der Waals surface area (Å²) in [6.45, 7) is 1.77. The third kappa shape index (κ3) is 1.07. The average Bonchev–Trinajstić information content (AvgIpc) is 2.59. The third-order valence-electron chi connectivity index (χ3n) is 1.82. The van der Waals surface area contributed by atoms with Crippen LogP contribution < -0.4 is 5.32 Å². The molecular weight excluding hydrogens is 180 g/mol. The molecular formula is C8H8N6. The minimum atomic E-state index is 0.405. The number of imidazole rings is 1. The van der Waals surface area contributed by atoms with Gasteiger partial charge in [-0.25, -0.2) is 9.97 Å². The Bertz CT molecular complexity index is 520. The summed E-state index contributed by atoms with van der Waals surface area (Å²) in [5, 5.41) is 15.8. The van der Waals surface area contributed by atoms with Crippen LogP contribution in [0.1, 0.15) is 11.5 Å².